The van der Waals surface area contributed by atoms with Gasteiger partial charge in [-0.25, -0.2) is 5.14 Å². The number of rotatable bonds is 4. The average Bonchev–Trinajstić information content (AvgIpc) is 2.84. The summed E-state index contributed by atoms with van der Waals surface area (Å²) >= 11 is 0. The van der Waals surface area contributed by atoms with E-state index in [0.29, 0.717) is 13.2 Å². The molecule has 21 heavy (non-hydrogen) atoms. The molecule has 2 aromatic rings. The summed E-state index contributed by atoms with van der Waals surface area (Å²) in [4.78, 5) is 4.33. The molecule has 3 rings (SSSR count). The summed E-state index contributed by atoms with van der Waals surface area (Å²) in [5.41, 5.74) is 2.07. The summed E-state index contributed by atoms with van der Waals surface area (Å²) in [6.45, 7) is 0.869. The fourth-order valence-corrected chi connectivity index (χ4v) is 3.44. The van der Waals surface area contributed by atoms with Crippen molar-refractivity contribution in [3.05, 3.63) is 42.1 Å². The molecule has 1 saturated heterocycles. The third-order valence-electron chi connectivity index (χ3n) is 3.74. The van der Waals surface area contributed by atoms with Gasteiger partial charge in [0.15, 0.2) is 0 Å². The smallest absolute Gasteiger partial charge is 0.274 e. The van der Waals surface area contributed by atoms with Gasteiger partial charge in [0, 0.05) is 17.5 Å². The predicted octanol–water partition coefficient (Wildman–Crippen LogP) is 0.585. The first-order valence-electron chi connectivity index (χ1n) is 6.73. The van der Waals surface area contributed by atoms with Gasteiger partial charge in [0.1, 0.15) is 0 Å². The molecule has 1 aliphatic rings. The first kappa shape index (κ1) is 14.4. The number of ether oxygens (including phenoxy) is 1. The quantitative estimate of drug-likeness (QED) is 0.864. The lowest BCUT2D eigenvalue weighted by Crippen LogP contribution is -2.43. The standard InChI is InChI=1S/C14H17N3O3S/c15-21(18,19)17-14-9-20-8-11(14)7-10-5-6-16-13-4-2-1-3-12(10)13/h1-6,11,14,17H,7-9H2,(H2,15,18,19)/t11-,14+/m1/s1. The summed E-state index contributed by atoms with van der Waals surface area (Å²) in [6.07, 6.45) is 2.49. The Kier molecular flexibility index (Phi) is 3.90. The van der Waals surface area contributed by atoms with Gasteiger partial charge < -0.3 is 4.74 Å². The van der Waals surface area contributed by atoms with E-state index in [0.717, 1.165) is 22.9 Å². The Hall–Kier alpha value is -1.54. The molecule has 2 heterocycles. The number of nitrogens with one attached hydrogen (secondary N) is 1. The Labute approximate surface area is 123 Å². The maximum absolute atomic E-state index is 11.2. The Morgan fingerprint density at radius 2 is 2.10 bits per heavy atom. The number of benzene rings is 1. The van der Waals surface area contributed by atoms with E-state index in [1.54, 1.807) is 6.20 Å². The molecule has 112 valence electrons. The van der Waals surface area contributed by atoms with Crippen LogP contribution in [0.3, 0.4) is 0 Å². The molecule has 0 spiro atoms. The van der Waals surface area contributed by atoms with E-state index in [2.05, 4.69) is 9.71 Å². The Morgan fingerprint density at radius 3 is 2.90 bits per heavy atom. The highest BCUT2D eigenvalue weighted by molar-refractivity contribution is 7.87. The van der Waals surface area contributed by atoms with Crippen molar-refractivity contribution in [2.75, 3.05) is 13.2 Å². The monoisotopic (exact) mass is 307 g/mol. The highest BCUT2D eigenvalue weighted by Crippen LogP contribution is 2.24. The van der Waals surface area contributed by atoms with E-state index in [1.165, 1.54) is 0 Å². The zero-order valence-electron chi connectivity index (χ0n) is 11.4. The van der Waals surface area contributed by atoms with Crippen LogP contribution in [0.2, 0.25) is 0 Å². The maximum Gasteiger partial charge on any atom is 0.274 e. The van der Waals surface area contributed by atoms with Gasteiger partial charge >= 0.3 is 0 Å². The van der Waals surface area contributed by atoms with Crippen molar-refractivity contribution in [1.29, 1.82) is 0 Å². The Morgan fingerprint density at radius 1 is 1.29 bits per heavy atom. The van der Waals surface area contributed by atoms with E-state index in [1.807, 2.05) is 30.3 Å². The van der Waals surface area contributed by atoms with E-state index >= 15 is 0 Å². The molecule has 0 saturated carbocycles. The molecular formula is C14H17N3O3S. The lowest BCUT2D eigenvalue weighted by Gasteiger charge is -2.18. The fourth-order valence-electron chi connectivity index (χ4n) is 2.76. The maximum atomic E-state index is 11.2. The summed E-state index contributed by atoms with van der Waals surface area (Å²) in [5, 5.41) is 6.14. The highest BCUT2D eigenvalue weighted by atomic mass is 32.2. The summed E-state index contributed by atoms with van der Waals surface area (Å²) in [5.74, 6) is 0.0640. The number of pyridine rings is 1. The molecule has 3 N–H and O–H groups in total. The van der Waals surface area contributed by atoms with Crippen molar-refractivity contribution >= 4 is 21.1 Å². The van der Waals surface area contributed by atoms with E-state index in [-0.39, 0.29) is 12.0 Å². The minimum atomic E-state index is -3.72. The van der Waals surface area contributed by atoms with Crippen LogP contribution in [0.15, 0.2) is 36.5 Å². The number of aromatic nitrogens is 1. The Bertz CT molecular complexity index is 743. The average molecular weight is 307 g/mol. The lowest BCUT2D eigenvalue weighted by molar-refractivity contribution is 0.183. The minimum absolute atomic E-state index is 0.0640. The van der Waals surface area contributed by atoms with Gasteiger partial charge in [-0.1, -0.05) is 18.2 Å². The largest absolute Gasteiger partial charge is 0.379 e. The van der Waals surface area contributed by atoms with Gasteiger partial charge in [-0.15, -0.1) is 0 Å². The summed E-state index contributed by atoms with van der Waals surface area (Å²) in [7, 11) is -3.72. The van der Waals surface area contributed by atoms with Gasteiger partial charge in [-0.3, -0.25) is 4.98 Å². The van der Waals surface area contributed by atoms with Crippen molar-refractivity contribution < 1.29 is 13.2 Å². The molecule has 1 fully saturated rings. The summed E-state index contributed by atoms with van der Waals surface area (Å²) in [6, 6.07) is 9.59. The molecule has 1 aromatic carbocycles. The molecule has 1 aromatic heterocycles. The van der Waals surface area contributed by atoms with Crippen LogP contribution in [0, 0.1) is 5.92 Å². The van der Waals surface area contributed by atoms with E-state index in [4.69, 9.17) is 9.88 Å². The SMILES string of the molecule is NS(=O)(=O)N[C@H]1COC[C@H]1Cc1ccnc2ccccc12. The highest BCUT2D eigenvalue weighted by Gasteiger charge is 2.31. The second-order valence-electron chi connectivity index (χ2n) is 5.26. The molecule has 2 atom stereocenters. The number of hydrogen-bond acceptors (Lipinski definition) is 4. The van der Waals surface area contributed by atoms with Crippen LogP contribution in [-0.4, -0.2) is 32.7 Å². The number of hydrogen-bond donors (Lipinski definition) is 2. The number of nitrogens with zero attached hydrogens (tertiary/aromatic N) is 1. The van der Waals surface area contributed by atoms with Crippen LogP contribution in [0.25, 0.3) is 10.9 Å². The van der Waals surface area contributed by atoms with Crippen LogP contribution >= 0.6 is 0 Å². The van der Waals surface area contributed by atoms with Crippen LogP contribution in [-0.2, 0) is 21.4 Å². The topological polar surface area (TPSA) is 94.3 Å². The first-order valence-corrected chi connectivity index (χ1v) is 8.28. The number of nitrogens with two attached hydrogens (primary N) is 1. The van der Waals surface area contributed by atoms with E-state index < -0.39 is 10.2 Å². The third-order valence-corrected chi connectivity index (χ3v) is 4.37. The van der Waals surface area contributed by atoms with Crippen molar-refractivity contribution in [3.63, 3.8) is 0 Å². The lowest BCUT2D eigenvalue weighted by atomic mass is 9.93. The van der Waals surface area contributed by atoms with Crippen LogP contribution in [0.1, 0.15) is 5.56 Å². The molecule has 0 aliphatic carbocycles. The van der Waals surface area contributed by atoms with Crippen LogP contribution in [0.4, 0.5) is 0 Å². The molecule has 1 aliphatic heterocycles. The number of para-hydroxylation sites is 1. The zero-order valence-corrected chi connectivity index (χ0v) is 12.2. The molecule has 0 amide bonds. The summed E-state index contributed by atoms with van der Waals surface area (Å²) < 4.78 is 30.2. The zero-order chi connectivity index (χ0) is 14.9. The predicted molar refractivity (Wildman–Crippen MR) is 79.8 cm³/mol. The van der Waals surface area contributed by atoms with Crippen molar-refractivity contribution in [3.8, 4) is 0 Å². The van der Waals surface area contributed by atoms with Gasteiger partial charge in [0.05, 0.1) is 24.8 Å². The molecule has 0 bridgehead atoms. The molecular weight excluding hydrogens is 290 g/mol. The van der Waals surface area contributed by atoms with E-state index in [9.17, 15) is 8.42 Å². The second-order valence-corrected chi connectivity index (χ2v) is 6.58. The van der Waals surface area contributed by atoms with Gasteiger partial charge in [-0.05, 0) is 24.1 Å². The Balaban J connectivity index is 1.84. The first-order chi connectivity index (χ1) is 10.0. The third kappa shape index (κ3) is 3.38. The minimum Gasteiger partial charge on any atom is -0.379 e. The van der Waals surface area contributed by atoms with Crippen LogP contribution in [0.5, 0.6) is 0 Å². The van der Waals surface area contributed by atoms with Gasteiger partial charge in [-0.2, -0.15) is 13.1 Å². The molecule has 0 radical (unpaired) electrons. The molecule has 7 heteroatoms. The molecule has 0 unspecified atom stereocenters. The van der Waals surface area contributed by atoms with Crippen molar-refractivity contribution in [2.24, 2.45) is 11.1 Å². The fraction of sp³-hybridized carbons (Fsp3) is 0.357. The van der Waals surface area contributed by atoms with Gasteiger partial charge in [0.2, 0.25) is 0 Å². The number of fused-ring (bicyclic) bond motifs is 1. The second kappa shape index (κ2) is 5.69. The van der Waals surface area contributed by atoms with Crippen molar-refractivity contribution in [2.45, 2.75) is 12.5 Å². The normalized spacial score (nSPS) is 22.7. The van der Waals surface area contributed by atoms with Gasteiger partial charge in [0.25, 0.3) is 10.2 Å². The van der Waals surface area contributed by atoms with Crippen LogP contribution < -0.4 is 9.86 Å². The molecule has 6 nitrogen and oxygen atoms in total. The van der Waals surface area contributed by atoms with Crippen molar-refractivity contribution in [1.82, 2.24) is 9.71 Å².